The molecule has 1 aliphatic heterocycles. The van der Waals surface area contributed by atoms with Crippen LogP contribution in [0.25, 0.3) is 0 Å². The van der Waals surface area contributed by atoms with Crippen molar-refractivity contribution in [3.05, 3.63) is 33.4 Å². The molecule has 0 saturated carbocycles. The van der Waals surface area contributed by atoms with Crippen LogP contribution in [0.4, 0.5) is 16.2 Å². The van der Waals surface area contributed by atoms with Gasteiger partial charge in [0.15, 0.2) is 0 Å². The molecule has 0 fully saturated rings. The predicted octanol–water partition coefficient (Wildman–Crippen LogP) is 1.97. The lowest BCUT2D eigenvalue weighted by atomic mass is 10.0. The Labute approximate surface area is 85.0 Å². The molecule has 2 rings (SSSR count). The maximum absolute atomic E-state index is 11.0. The van der Waals surface area contributed by atoms with Crippen LogP contribution in [0.2, 0.25) is 0 Å². The van der Waals surface area contributed by atoms with E-state index < -0.39 is 11.0 Å². The molecule has 15 heavy (non-hydrogen) atoms. The van der Waals surface area contributed by atoms with Crippen LogP contribution in [0.1, 0.15) is 11.1 Å². The molecule has 0 saturated heterocycles. The Morgan fingerprint density at radius 2 is 2.27 bits per heavy atom. The molecule has 0 aromatic heterocycles. The Kier molecular flexibility index (Phi) is 2.03. The van der Waals surface area contributed by atoms with Crippen molar-refractivity contribution >= 4 is 17.5 Å². The molecule has 1 aliphatic rings. The van der Waals surface area contributed by atoms with Gasteiger partial charge in [0.25, 0.3) is 5.69 Å². The molecule has 0 bridgehead atoms. The van der Waals surface area contributed by atoms with Crippen molar-refractivity contribution in [2.75, 3.05) is 5.32 Å². The van der Waals surface area contributed by atoms with E-state index in [-0.39, 0.29) is 18.0 Å². The minimum absolute atomic E-state index is 0.0781. The number of carbonyl (C=O) groups is 1. The summed E-state index contributed by atoms with van der Waals surface area (Å²) in [5, 5.41) is 13.1. The number of hydrogen-bond donors (Lipinski definition) is 1. The quantitative estimate of drug-likeness (QED) is 0.565. The van der Waals surface area contributed by atoms with E-state index in [9.17, 15) is 14.9 Å². The van der Waals surface area contributed by atoms with Gasteiger partial charge >= 0.3 is 6.09 Å². The van der Waals surface area contributed by atoms with Crippen molar-refractivity contribution in [2.24, 2.45) is 0 Å². The average molecular weight is 208 g/mol. The van der Waals surface area contributed by atoms with Crippen LogP contribution in [-0.2, 0) is 11.3 Å². The van der Waals surface area contributed by atoms with E-state index in [0.29, 0.717) is 5.56 Å². The Hall–Kier alpha value is -2.11. The largest absolute Gasteiger partial charge is 0.444 e. The molecule has 1 heterocycles. The fraction of sp³-hybridized carbons (Fsp3) is 0.222. The summed E-state index contributed by atoms with van der Waals surface area (Å²) in [4.78, 5) is 21.1. The Bertz CT molecular complexity index is 456. The second-order valence-corrected chi connectivity index (χ2v) is 3.21. The van der Waals surface area contributed by atoms with Crippen molar-refractivity contribution in [1.29, 1.82) is 0 Å². The van der Waals surface area contributed by atoms with Gasteiger partial charge in [-0.25, -0.2) is 4.79 Å². The summed E-state index contributed by atoms with van der Waals surface area (Å²) in [6.45, 7) is 1.89. The predicted molar refractivity (Wildman–Crippen MR) is 51.6 cm³/mol. The van der Waals surface area contributed by atoms with Gasteiger partial charge in [-0.15, -0.1) is 0 Å². The number of nitro benzene ring substituents is 1. The second-order valence-electron chi connectivity index (χ2n) is 3.21. The molecule has 1 amide bonds. The van der Waals surface area contributed by atoms with Crippen molar-refractivity contribution in [1.82, 2.24) is 0 Å². The van der Waals surface area contributed by atoms with Crippen LogP contribution >= 0.6 is 0 Å². The monoisotopic (exact) mass is 208 g/mol. The highest BCUT2D eigenvalue weighted by Crippen LogP contribution is 2.33. The highest BCUT2D eigenvalue weighted by atomic mass is 16.6. The van der Waals surface area contributed by atoms with Gasteiger partial charge in [-0.1, -0.05) is 6.07 Å². The maximum Gasteiger partial charge on any atom is 0.412 e. The lowest BCUT2D eigenvalue weighted by molar-refractivity contribution is -0.384. The minimum Gasteiger partial charge on any atom is -0.444 e. The Morgan fingerprint density at radius 3 is 2.93 bits per heavy atom. The summed E-state index contributed by atoms with van der Waals surface area (Å²) >= 11 is 0. The van der Waals surface area contributed by atoms with E-state index in [4.69, 9.17) is 4.74 Å². The number of carbonyl (C=O) groups excluding carboxylic acids is 1. The van der Waals surface area contributed by atoms with Gasteiger partial charge in [0, 0.05) is 11.6 Å². The number of amides is 1. The average Bonchev–Trinajstić information content (AvgIpc) is 2.17. The molecule has 1 aromatic carbocycles. The fourth-order valence-corrected chi connectivity index (χ4v) is 1.49. The number of benzene rings is 1. The number of hydrogen-bond acceptors (Lipinski definition) is 4. The van der Waals surface area contributed by atoms with Crippen LogP contribution in [0.5, 0.6) is 0 Å². The zero-order valence-corrected chi connectivity index (χ0v) is 7.94. The van der Waals surface area contributed by atoms with E-state index in [1.54, 1.807) is 6.07 Å². The number of fused-ring (bicyclic) bond motifs is 1. The van der Waals surface area contributed by atoms with Crippen LogP contribution in [0, 0.1) is 17.0 Å². The van der Waals surface area contributed by atoms with Gasteiger partial charge in [-0.05, 0) is 12.5 Å². The van der Waals surface area contributed by atoms with Gasteiger partial charge < -0.3 is 4.74 Å². The van der Waals surface area contributed by atoms with E-state index in [1.165, 1.54) is 6.07 Å². The van der Waals surface area contributed by atoms with Gasteiger partial charge in [0.2, 0.25) is 0 Å². The number of aryl methyl sites for hydroxylation is 1. The van der Waals surface area contributed by atoms with Crippen LogP contribution < -0.4 is 5.32 Å². The molecule has 0 radical (unpaired) electrons. The number of nitro groups is 1. The first-order valence-corrected chi connectivity index (χ1v) is 4.30. The third-order valence-corrected chi connectivity index (χ3v) is 2.30. The molecular formula is C9H8N2O4. The smallest absolute Gasteiger partial charge is 0.412 e. The fourth-order valence-electron chi connectivity index (χ4n) is 1.49. The maximum atomic E-state index is 11.0. The highest BCUT2D eigenvalue weighted by molar-refractivity contribution is 5.91. The standard InChI is InChI=1S/C9H8N2O4/c1-5-2-3-7(11(13)14)8-6(5)4-15-9(12)10-8/h2-3H,4H2,1H3,(H,10,12). The summed E-state index contributed by atoms with van der Waals surface area (Å²) in [6, 6.07) is 3.01. The van der Waals surface area contributed by atoms with Crippen LogP contribution in [0.3, 0.4) is 0 Å². The molecule has 1 aromatic rings. The lowest BCUT2D eigenvalue weighted by Gasteiger charge is -2.18. The van der Waals surface area contributed by atoms with Crippen LogP contribution in [0.15, 0.2) is 12.1 Å². The zero-order chi connectivity index (χ0) is 11.0. The Morgan fingerprint density at radius 1 is 1.53 bits per heavy atom. The number of anilines is 1. The summed E-state index contributed by atoms with van der Waals surface area (Å²) in [6.07, 6.45) is -0.656. The molecule has 1 N–H and O–H groups in total. The summed E-state index contributed by atoms with van der Waals surface area (Å²) in [7, 11) is 0. The Balaban J connectivity index is 2.61. The van der Waals surface area contributed by atoms with Crippen molar-refractivity contribution < 1.29 is 14.5 Å². The number of ether oxygens (including phenoxy) is 1. The molecule has 0 unspecified atom stereocenters. The number of nitrogens with one attached hydrogen (secondary N) is 1. The first-order chi connectivity index (χ1) is 7.09. The van der Waals surface area contributed by atoms with E-state index in [1.807, 2.05) is 6.92 Å². The third kappa shape index (κ3) is 1.50. The molecule has 78 valence electrons. The SMILES string of the molecule is Cc1ccc([N+](=O)[O-])c2c1COC(=O)N2. The van der Waals surface area contributed by atoms with E-state index in [0.717, 1.165) is 5.56 Å². The number of nitrogens with zero attached hydrogens (tertiary/aromatic N) is 1. The van der Waals surface area contributed by atoms with E-state index in [2.05, 4.69) is 5.32 Å². The van der Waals surface area contributed by atoms with Crippen molar-refractivity contribution in [3.8, 4) is 0 Å². The zero-order valence-electron chi connectivity index (χ0n) is 7.94. The minimum atomic E-state index is -0.656. The molecular weight excluding hydrogens is 200 g/mol. The number of cyclic esters (lactones) is 1. The molecule has 6 heteroatoms. The van der Waals surface area contributed by atoms with Gasteiger partial charge in [-0.2, -0.15) is 0 Å². The van der Waals surface area contributed by atoms with Crippen LogP contribution in [-0.4, -0.2) is 11.0 Å². The third-order valence-electron chi connectivity index (χ3n) is 2.30. The molecule has 0 aliphatic carbocycles. The molecule has 0 atom stereocenters. The normalized spacial score (nSPS) is 13.8. The van der Waals surface area contributed by atoms with Crippen molar-refractivity contribution in [2.45, 2.75) is 13.5 Å². The second kappa shape index (κ2) is 3.23. The first kappa shape index (κ1) is 9.45. The summed E-state index contributed by atoms with van der Waals surface area (Å²) in [5.74, 6) is 0. The first-order valence-electron chi connectivity index (χ1n) is 4.30. The highest BCUT2D eigenvalue weighted by Gasteiger charge is 2.25. The number of rotatable bonds is 1. The molecule has 6 nitrogen and oxygen atoms in total. The summed E-state index contributed by atoms with van der Waals surface area (Å²) < 4.78 is 4.75. The van der Waals surface area contributed by atoms with Gasteiger partial charge in [0.1, 0.15) is 12.3 Å². The van der Waals surface area contributed by atoms with Gasteiger partial charge in [-0.3, -0.25) is 15.4 Å². The van der Waals surface area contributed by atoms with Gasteiger partial charge in [0.05, 0.1) is 4.92 Å². The lowest BCUT2D eigenvalue weighted by Crippen LogP contribution is -2.22. The van der Waals surface area contributed by atoms with Crippen molar-refractivity contribution in [3.63, 3.8) is 0 Å². The summed E-state index contributed by atoms with van der Waals surface area (Å²) in [5.41, 5.74) is 1.66. The topological polar surface area (TPSA) is 81.5 Å². The van der Waals surface area contributed by atoms with E-state index >= 15 is 0 Å². The molecule has 0 spiro atoms.